The Bertz CT molecular complexity index is 422. The highest BCUT2D eigenvalue weighted by Gasteiger charge is 2.22. The first kappa shape index (κ1) is 18.7. The Morgan fingerprint density at radius 2 is 1.75 bits per heavy atom. The van der Waals surface area contributed by atoms with E-state index in [2.05, 4.69) is 10.6 Å². The summed E-state index contributed by atoms with van der Waals surface area (Å²) in [5.41, 5.74) is 0. The minimum atomic E-state index is -3.26. The molecule has 20 heavy (non-hydrogen) atoms. The summed E-state index contributed by atoms with van der Waals surface area (Å²) in [6.07, 6.45) is 3.36. The summed E-state index contributed by atoms with van der Waals surface area (Å²) < 4.78 is 22.1. The van der Waals surface area contributed by atoms with Crippen molar-refractivity contribution >= 4 is 21.8 Å². The Hall–Kier alpha value is -1.31. The molecular weight excluding hydrogens is 284 g/mol. The molecule has 8 heteroatoms. The molecule has 0 bridgehead atoms. The fraction of sp³-hybridized carbons (Fsp3) is 0.833. The van der Waals surface area contributed by atoms with Gasteiger partial charge >= 0.3 is 12.0 Å². The minimum Gasteiger partial charge on any atom is -0.480 e. The van der Waals surface area contributed by atoms with Crippen LogP contribution in [0.4, 0.5) is 4.79 Å². The van der Waals surface area contributed by atoms with Crippen molar-refractivity contribution in [2.45, 2.75) is 51.6 Å². The van der Waals surface area contributed by atoms with E-state index in [-0.39, 0.29) is 18.2 Å². The molecule has 0 radical (unpaired) electrons. The van der Waals surface area contributed by atoms with Crippen LogP contribution < -0.4 is 10.6 Å². The van der Waals surface area contributed by atoms with Crippen molar-refractivity contribution in [3.8, 4) is 0 Å². The first-order valence-electron chi connectivity index (χ1n) is 6.67. The van der Waals surface area contributed by atoms with Gasteiger partial charge in [0, 0.05) is 12.3 Å². The first-order chi connectivity index (χ1) is 9.19. The van der Waals surface area contributed by atoms with Gasteiger partial charge in [-0.2, -0.15) is 0 Å². The van der Waals surface area contributed by atoms with E-state index in [0.29, 0.717) is 0 Å². The molecule has 0 saturated carbocycles. The molecule has 0 aliphatic rings. The molecule has 3 N–H and O–H groups in total. The smallest absolute Gasteiger partial charge is 0.326 e. The van der Waals surface area contributed by atoms with E-state index in [0.717, 1.165) is 25.5 Å². The largest absolute Gasteiger partial charge is 0.480 e. The van der Waals surface area contributed by atoms with Gasteiger partial charge in [-0.1, -0.05) is 20.3 Å². The van der Waals surface area contributed by atoms with E-state index in [4.69, 9.17) is 5.11 Å². The second-order valence-electron chi connectivity index (χ2n) is 4.82. The fourth-order valence-corrected chi connectivity index (χ4v) is 2.37. The Morgan fingerprint density at radius 1 is 1.15 bits per heavy atom. The van der Waals surface area contributed by atoms with Gasteiger partial charge in [0.1, 0.15) is 15.9 Å². The normalized spacial score (nSPS) is 14.3. The van der Waals surface area contributed by atoms with E-state index in [1.165, 1.54) is 0 Å². The van der Waals surface area contributed by atoms with E-state index in [9.17, 15) is 18.0 Å². The highest BCUT2D eigenvalue weighted by atomic mass is 32.2. The van der Waals surface area contributed by atoms with E-state index < -0.39 is 27.9 Å². The maximum Gasteiger partial charge on any atom is 0.326 e. The van der Waals surface area contributed by atoms with Crippen LogP contribution in [0.25, 0.3) is 0 Å². The van der Waals surface area contributed by atoms with Gasteiger partial charge < -0.3 is 15.7 Å². The second-order valence-corrected chi connectivity index (χ2v) is 7.08. The summed E-state index contributed by atoms with van der Waals surface area (Å²) >= 11 is 0. The zero-order chi connectivity index (χ0) is 15.8. The molecular formula is C12H24N2O5S. The van der Waals surface area contributed by atoms with Crippen LogP contribution in [0.3, 0.4) is 0 Å². The molecule has 0 aromatic rings. The summed E-state index contributed by atoms with van der Waals surface area (Å²) in [6.45, 7) is 3.92. The molecule has 0 aliphatic carbocycles. The number of aliphatic carboxylic acids is 1. The number of hydrogen-bond donors (Lipinski definition) is 3. The zero-order valence-electron chi connectivity index (χ0n) is 12.2. The number of hydrogen-bond acceptors (Lipinski definition) is 4. The maximum atomic E-state index is 11.7. The van der Waals surface area contributed by atoms with Gasteiger partial charge in [0.2, 0.25) is 0 Å². The van der Waals surface area contributed by atoms with E-state index >= 15 is 0 Å². The van der Waals surface area contributed by atoms with Gasteiger partial charge in [-0.05, 0) is 19.3 Å². The minimum absolute atomic E-state index is 0.00986. The van der Waals surface area contributed by atoms with Crippen LogP contribution in [0.2, 0.25) is 0 Å². The highest BCUT2D eigenvalue weighted by Crippen LogP contribution is 2.02. The third kappa shape index (κ3) is 8.73. The summed E-state index contributed by atoms with van der Waals surface area (Å²) in [6, 6.07) is -1.79. The second kappa shape index (κ2) is 8.78. The SMILES string of the molecule is CCCC(CC)NC(=O)NC(CCS(C)(=O)=O)C(=O)O. The van der Waals surface area contributed by atoms with Crippen molar-refractivity contribution in [3.63, 3.8) is 0 Å². The number of carbonyl (C=O) groups is 2. The van der Waals surface area contributed by atoms with Crippen LogP contribution in [-0.4, -0.2) is 49.6 Å². The molecule has 2 atom stereocenters. The van der Waals surface area contributed by atoms with Gasteiger partial charge in [-0.25, -0.2) is 18.0 Å². The predicted molar refractivity (Wildman–Crippen MR) is 76.4 cm³/mol. The van der Waals surface area contributed by atoms with Crippen LogP contribution in [0.1, 0.15) is 39.5 Å². The Balaban J connectivity index is 4.44. The van der Waals surface area contributed by atoms with Crippen molar-refractivity contribution < 1.29 is 23.1 Å². The number of urea groups is 1. The van der Waals surface area contributed by atoms with Crippen LogP contribution in [0.15, 0.2) is 0 Å². The average molecular weight is 308 g/mol. The molecule has 0 spiro atoms. The van der Waals surface area contributed by atoms with Gasteiger partial charge in [-0.15, -0.1) is 0 Å². The molecule has 118 valence electrons. The summed E-state index contributed by atoms with van der Waals surface area (Å²) in [5.74, 6) is -1.52. The Morgan fingerprint density at radius 3 is 2.15 bits per heavy atom. The molecule has 0 rings (SSSR count). The lowest BCUT2D eigenvalue weighted by atomic mass is 10.1. The summed E-state index contributed by atoms with van der Waals surface area (Å²) in [5, 5.41) is 14.0. The standard InChI is InChI=1S/C12H24N2O5S/c1-4-6-9(5-2)13-12(17)14-10(11(15)16)7-8-20(3,18)19/h9-10H,4-8H2,1-3H3,(H,15,16)(H2,13,14,17). The third-order valence-corrected chi connectivity index (χ3v) is 3.82. The van der Waals surface area contributed by atoms with Crippen molar-refractivity contribution in [1.29, 1.82) is 0 Å². The number of nitrogens with one attached hydrogen (secondary N) is 2. The van der Waals surface area contributed by atoms with Crippen LogP contribution >= 0.6 is 0 Å². The number of carboxylic acids is 1. The number of amides is 2. The zero-order valence-corrected chi connectivity index (χ0v) is 13.0. The van der Waals surface area contributed by atoms with Crippen molar-refractivity contribution in [2.24, 2.45) is 0 Å². The van der Waals surface area contributed by atoms with Crippen molar-refractivity contribution in [3.05, 3.63) is 0 Å². The molecule has 7 nitrogen and oxygen atoms in total. The third-order valence-electron chi connectivity index (χ3n) is 2.85. The molecule has 0 fully saturated rings. The van der Waals surface area contributed by atoms with E-state index in [1.807, 2.05) is 13.8 Å². The quantitative estimate of drug-likeness (QED) is 0.582. The molecule has 2 unspecified atom stereocenters. The number of carboxylic acid groups (broad SMARTS) is 1. The molecule has 0 heterocycles. The molecule has 0 aromatic heterocycles. The average Bonchev–Trinajstić information content (AvgIpc) is 2.32. The van der Waals surface area contributed by atoms with Gasteiger partial charge in [0.15, 0.2) is 0 Å². The Labute approximate surface area is 120 Å². The molecule has 0 aromatic carbocycles. The van der Waals surface area contributed by atoms with Crippen LogP contribution in [0, 0.1) is 0 Å². The maximum absolute atomic E-state index is 11.7. The summed E-state index contributed by atoms with van der Waals surface area (Å²) in [7, 11) is -3.26. The van der Waals surface area contributed by atoms with Gasteiger partial charge in [0.25, 0.3) is 0 Å². The topological polar surface area (TPSA) is 113 Å². The lowest BCUT2D eigenvalue weighted by molar-refractivity contribution is -0.139. The predicted octanol–water partition coefficient (Wildman–Crippen LogP) is 0.752. The summed E-state index contributed by atoms with van der Waals surface area (Å²) in [4.78, 5) is 22.7. The number of rotatable bonds is 9. The van der Waals surface area contributed by atoms with Gasteiger partial charge in [0.05, 0.1) is 5.75 Å². The van der Waals surface area contributed by atoms with Crippen LogP contribution in [-0.2, 0) is 14.6 Å². The lowest BCUT2D eigenvalue weighted by Gasteiger charge is -2.19. The molecule has 2 amide bonds. The van der Waals surface area contributed by atoms with Crippen LogP contribution in [0.5, 0.6) is 0 Å². The van der Waals surface area contributed by atoms with Crippen molar-refractivity contribution in [1.82, 2.24) is 10.6 Å². The Kier molecular flexibility index (Phi) is 8.21. The molecule has 0 saturated heterocycles. The van der Waals surface area contributed by atoms with Gasteiger partial charge in [-0.3, -0.25) is 0 Å². The van der Waals surface area contributed by atoms with E-state index in [1.54, 1.807) is 0 Å². The highest BCUT2D eigenvalue weighted by molar-refractivity contribution is 7.90. The fourth-order valence-electron chi connectivity index (χ4n) is 1.70. The monoisotopic (exact) mass is 308 g/mol. The number of carbonyl (C=O) groups excluding carboxylic acids is 1. The van der Waals surface area contributed by atoms with Crippen molar-refractivity contribution in [2.75, 3.05) is 12.0 Å². The first-order valence-corrected chi connectivity index (χ1v) is 8.73. The number of sulfone groups is 1. The lowest BCUT2D eigenvalue weighted by Crippen LogP contribution is -2.49. The molecule has 0 aliphatic heterocycles.